The second-order valence-electron chi connectivity index (χ2n) is 5.23. The van der Waals surface area contributed by atoms with Crippen LogP contribution in [-0.4, -0.2) is 41.9 Å². The first-order chi connectivity index (χ1) is 11.5. The molecular weight excluding hydrogens is 423 g/mol. The average Bonchev–Trinajstić information content (AvgIpc) is 2.43. The number of carbonyl (C=O) groups excluding carboxylic acids is 1. The molecule has 0 N–H and O–H groups in total. The van der Waals surface area contributed by atoms with Gasteiger partial charge < -0.3 is 4.74 Å². The summed E-state index contributed by atoms with van der Waals surface area (Å²) in [6, 6.07) is 0. The van der Waals surface area contributed by atoms with Crippen molar-refractivity contribution in [2.45, 2.75) is 55.7 Å². The Morgan fingerprint density at radius 3 is 1.48 bits per heavy atom. The van der Waals surface area contributed by atoms with Crippen LogP contribution in [0.25, 0.3) is 0 Å². The van der Waals surface area contributed by atoms with Gasteiger partial charge in [-0.2, -0.15) is 57.1 Å². The predicted molar refractivity (Wildman–Crippen MR) is 60.9 cm³/mol. The van der Waals surface area contributed by atoms with Crippen molar-refractivity contribution in [3.63, 3.8) is 0 Å². The molecule has 27 heavy (non-hydrogen) atoms. The zero-order valence-electron chi connectivity index (χ0n) is 12.9. The Labute approximate surface area is 141 Å². The molecule has 0 aliphatic rings. The van der Waals surface area contributed by atoms with E-state index in [0.717, 1.165) is 0 Å². The zero-order chi connectivity index (χ0) is 22.3. The molecule has 0 spiro atoms. The van der Waals surface area contributed by atoms with Crippen molar-refractivity contribution in [3.8, 4) is 0 Å². The van der Waals surface area contributed by atoms with Crippen molar-refractivity contribution in [1.29, 1.82) is 0 Å². The van der Waals surface area contributed by atoms with Crippen molar-refractivity contribution in [3.05, 3.63) is 12.2 Å². The highest BCUT2D eigenvalue weighted by atomic mass is 19.4. The molecule has 160 valence electrons. The lowest BCUT2D eigenvalue weighted by molar-refractivity contribution is -0.437. The number of esters is 1. The van der Waals surface area contributed by atoms with E-state index in [0.29, 0.717) is 6.92 Å². The molecule has 0 aliphatic heterocycles. The van der Waals surface area contributed by atoms with E-state index < -0.39 is 60.4 Å². The maximum atomic E-state index is 13.3. The van der Waals surface area contributed by atoms with Gasteiger partial charge in [-0.05, 0) is 6.92 Å². The van der Waals surface area contributed by atoms with Gasteiger partial charge in [0, 0.05) is 18.4 Å². The van der Waals surface area contributed by atoms with Gasteiger partial charge in [-0.3, -0.25) is 0 Å². The first-order valence-corrected chi connectivity index (χ1v) is 6.38. The Kier molecular flexibility index (Phi) is 6.59. The van der Waals surface area contributed by atoms with Gasteiger partial charge in [-0.15, -0.1) is 0 Å². The van der Waals surface area contributed by atoms with Gasteiger partial charge >= 0.3 is 41.9 Å². The Bertz CT molecular complexity index is 576. The molecule has 0 rings (SSSR count). The van der Waals surface area contributed by atoms with E-state index in [2.05, 4.69) is 11.3 Å². The Morgan fingerprint density at radius 1 is 0.741 bits per heavy atom. The summed E-state index contributed by atoms with van der Waals surface area (Å²) >= 11 is 0. The largest absolute Gasteiger partial charge is 0.473 e. The number of ether oxygens (including phenoxy) is 1. The lowest BCUT2D eigenvalue weighted by atomic mass is 9.95. The van der Waals surface area contributed by atoms with E-state index in [1.165, 1.54) is 0 Å². The molecule has 0 aliphatic carbocycles. The molecule has 0 saturated carbocycles. The average molecular weight is 432 g/mol. The van der Waals surface area contributed by atoms with Crippen LogP contribution in [0.2, 0.25) is 0 Å². The van der Waals surface area contributed by atoms with Gasteiger partial charge in [0.2, 0.25) is 0 Å². The van der Waals surface area contributed by atoms with Crippen LogP contribution in [0.4, 0.5) is 57.1 Å². The highest BCUT2D eigenvalue weighted by Gasteiger charge is 2.87. The summed E-state index contributed by atoms with van der Waals surface area (Å²) in [5, 5.41) is 0. The van der Waals surface area contributed by atoms with E-state index in [-0.39, 0.29) is 0 Å². The Balaban J connectivity index is 5.96. The smallest absolute Gasteiger partial charge is 0.393 e. The molecule has 0 aromatic rings. The maximum Gasteiger partial charge on any atom is 0.473 e. The summed E-state index contributed by atoms with van der Waals surface area (Å²) in [5.74, 6) is -31.4. The van der Waals surface area contributed by atoms with Crippen LogP contribution in [-0.2, 0) is 9.53 Å². The van der Waals surface area contributed by atoms with E-state index in [1.807, 2.05) is 0 Å². The van der Waals surface area contributed by atoms with Crippen LogP contribution < -0.4 is 0 Å². The molecule has 0 aromatic carbocycles. The minimum absolute atomic E-state index is 0.564. The fraction of sp³-hybridized carbons (Fsp3) is 0.750. The highest BCUT2D eigenvalue weighted by Crippen LogP contribution is 2.58. The normalized spacial score (nSPS) is 14.9. The van der Waals surface area contributed by atoms with Gasteiger partial charge in [0.1, 0.15) is 0 Å². The van der Waals surface area contributed by atoms with Gasteiger partial charge in [0.05, 0.1) is 0 Å². The topological polar surface area (TPSA) is 26.3 Å². The van der Waals surface area contributed by atoms with Gasteiger partial charge in [0.15, 0.2) is 0 Å². The minimum atomic E-state index is -7.63. The number of hydrogen-bond donors (Lipinski definition) is 0. The molecule has 0 heterocycles. The third-order valence-electron chi connectivity index (χ3n) is 2.91. The predicted octanol–water partition coefficient (Wildman–Crippen LogP) is 5.58. The number of rotatable bonds is 8. The molecule has 0 fully saturated rings. The van der Waals surface area contributed by atoms with Gasteiger partial charge in [-0.25, -0.2) is 4.79 Å². The molecule has 15 heteroatoms. The lowest BCUT2D eigenvalue weighted by Gasteiger charge is -2.38. The molecule has 0 radical (unpaired) electrons. The monoisotopic (exact) mass is 432 g/mol. The van der Waals surface area contributed by atoms with E-state index in [1.54, 1.807) is 0 Å². The Hall–Kier alpha value is -1.70. The zero-order valence-corrected chi connectivity index (χ0v) is 12.9. The van der Waals surface area contributed by atoms with Crippen LogP contribution in [0.3, 0.4) is 0 Å². The van der Waals surface area contributed by atoms with Crippen molar-refractivity contribution < 1.29 is 66.6 Å². The first kappa shape index (κ1) is 25.3. The van der Waals surface area contributed by atoms with Gasteiger partial charge in [0.25, 0.3) is 0 Å². The second kappa shape index (κ2) is 7.04. The van der Waals surface area contributed by atoms with Crippen LogP contribution in [0.1, 0.15) is 19.8 Å². The molecular formula is C12H9F13O2. The molecule has 0 saturated heterocycles. The summed E-state index contributed by atoms with van der Waals surface area (Å²) < 4.78 is 170. The maximum absolute atomic E-state index is 13.3. The van der Waals surface area contributed by atoms with E-state index in [9.17, 15) is 61.9 Å². The van der Waals surface area contributed by atoms with E-state index >= 15 is 0 Å². The number of halogens is 13. The standard InChI is InChI=1S/C12H9F13O2/c1-5(2)6(26)27-12(24,25)11(22,23)10(20,21)9(18,19)7(13,14)3-4-8(15,16)17/h1,3-4H2,2H3. The number of carbonyl (C=O) groups is 1. The molecule has 0 bridgehead atoms. The molecule has 0 aromatic heterocycles. The number of alkyl halides is 13. The van der Waals surface area contributed by atoms with Crippen molar-refractivity contribution in [1.82, 2.24) is 0 Å². The SMILES string of the molecule is C=C(C)C(=O)OC(F)(F)C(F)(F)C(F)(F)C(F)(F)C(F)(F)CCC(F)(F)F. The summed E-state index contributed by atoms with van der Waals surface area (Å²) in [4.78, 5) is 10.8. The first-order valence-electron chi connectivity index (χ1n) is 6.38. The third-order valence-corrected chi connectivity index (χ3v) is 2.91. The minimum Gasteiger partial charge on any atom is -0.393 e. The van der Waals surface area contributed by atoms with Crippen LogP contribution >= 0.6 is 0 Å². The summed E-state index contributed by atoms with van der Waals surface area (Å²) in [7, 11) is 0. The lowest BCUT2D eigenvalue weighted by Crippen LogP contribution is -2.68. The summed E-state index contributed by atoms with van der Waals surface area (Å²) in [6.07, 6.45) is -18.2. The second-order valence-corrected chi connectivity index (χ2v) is 5.23. The molecule has 0 amide bonds. The van der Waals surface area contributed by atoms with Crippen molar-refractivity contribution in [2.24, 2.45) is 0 Å². The summed E-state index contributed by atoms with van der Waals surface area (Å²) in [6.45, 7) is 3.17. The third kappa shape index (κ3) is 4.78. The van der Waals surface area contributed by atoms with Crippen molar-refractivity contribution >= 4 is 5.97 Å². The van der Waals surface area contributed by atoms with Crippen LogP contribution in [0.15, 0.2) is 12.2 Å². The van der Waals surface area contributed by atoms with Crippen molar-refractivity contribution in [2.75, 3.05) is 0 Å². The van der Waals surface area contributed by atoms with E-state index in [4.69, 9.17) is 0 Å². The number of hydrogen-bond acceptors (Lipinski definition) is 2. The van der Waals surface area contributed by atoms with Crippen LogP contribution in [0.5, 0.6) is 0 Å². The molecule has 0 unspecified atom stereocenters. The quantitative estimate of drug-likeness (QED) is 0.284. The van der Waals surface area contributed by atoms with Gasteiger partial charge in [-0.1, -0.05) is 6.58 Å². The molecule has 2 nitrogen and oxygen atoms in total. The fourth-order valence-corrected chi connectivity index (χ4v) is 1.33. The fourth-order valence-electron chi connectivity index (χ4n) is 1.33. The Morgan fingerprint density at radius 2 is 1.15 bits per heavy atom. The summed E-state index contributed by atoms with van der Waals surface area (Å²) in [5.41, 5.74) is -1.07. The highest BCUT2D eigenvalue weighted by molar-refractivity contribution is 5.87. The van der Waals surface area contributed by atoms with Crippen LogP contribution in [0, 0.1) is 0 Å². The molecule has 0 atom stereocenters.